The second-order valence-electron chi connectivity index (χ2n) is 34.6. The summed E-state index contributed by atoms with van der Waals surface area (Å²) in [4.78, 5) is 107. The fourth-order valence-corrected chi connectivity index (χ4v) is 19.4. The van der Waals surface area contributed by atoms with Gasteiger partial charge in [0.2, 0.25) is 0 Å². The largest absolute Gasteiger partial charge is 0.385 e. The highest BCUT2D eigenvalue weighted by molar-refractivity contribution is 8.00. The van der Waals surface area contributed by atoms with Crippen molar-refractivity contribution in [3.63, 3.8) is 0 Å². The summed E-state index contributed by atoms with van der Waals surface area (Å²) in [5.74, 6) is 1.02. The van der Waals surface area contributed by atoms with E-state index in [1.54, 1.807) is 58.8 Å². The van der Waals surface area contributed by atoms with Crippen molar-refractivity contribution in [1.82, 2.24) is 77.7 Å². The summed E-state index contributed by atoms with van der Waals surface area (Å²) in [5.41, 5.74) is -4.51. The Morgan fingerprint density at radius 3 is 1.10 bits per heavy atom. The molecule has 2 bridgehead atoms. The number of aliphatic hydroxyl groups is 2. The van der Waals surface area contributed by atoms with Crippen molar-refractivity contribution in [3.8, 4) is 0 Å². The van der Waals surface area contributed by atoms with Gasteiger partial charge in [0.1, 0.15) is 106 Å². The number of piperazine rings is 1. The SMILES string of the molecule is C=S1(=O)CCC(O)(c2cc3c(N[C@H](C)c4cccc(C(F)F)c4F)ncnc3n(C)c2=O)CC1.C[C@@H](Nc1ncnc2c1cc(C(=O)N1C3CC1CN(C)C3)c(=O)n2C)c1cccc(C(F)F)c1F.C[C@@H](Nc1ncnc2c1cc(C1(O)CCN(C)CC1)c(=O)n2C)c1cccc(C(F)F)c1F.C[C@@H](Nc1ncnc2c1cc(C1CN(C)CCO1)c(=O)n2C)c1cccc(C(F)F)c1F. The van der Waals surface area contributed by atoms with E-state index in [-0.39, 0.29) is 110 Å². The van der Waals surface area contributed by atoms with E-state index >= 15 is 0 Å². The molecule has 29 nitrogen and oxygen atoms in total. The predicted octanol–water partition coefficient (Wildman–Crippen LogP) is 13.5. The van der Waals surface area contributed by atoms with Gasteiger partial charge in [-0.25, -0.2) is 92.6 Å². The Bertz CT molecular complexity index is 6820. The van der Waals surface area contributed by atoms with E-state index in [2.05, 4.69) is 81.7 Å². The monoisotopic (exact) mass is 1890 g/mol. The lowest BCUT2D eigenvalue weighted by molar-refractivity contribution is -0.0398. The van der Waals surface area contributed by atoms with Crippen molar-refractivity contribution < 1.29 is 76.6 Å². The number of likely N-dealkylation sites (N-methyl/N-ethyl adjacent to an activating group) is 2. The van der Waals surface area contributed by atoms with Gasteiger partial charge in [0.25, 0.3) is 53.8 Å². The number of likely N-dealkylation sites (tertiary alicyclic amines) is 3. The van der Waals surface area contributed by atoms with Crippen molar-refractivity contribution in [3.05, 3.63) is 254 Å². The van der Waals surface area contributed by atoms with Crippen LogP contribution in [0.5, 0.6) is 0 Å². The summed E-state index contributed by atoms with van der Waals surface area (Å²) in [6, 6.07) is 19.0. The molecular weight excluding hydrogens is 1790 g/mol. The number of morpholine rings is 1. The minimum absolute atomic E-state index is 0.00985. The first-order valence-corrected chi connectivity index (χ1v) is 45.1. The van der Waals surface area contributed by atoms with Crippen LogP contribution in [-0.4, -0.2) is 195 Å². The summed E-state index contributed by atoms with van der Waals surface area (Å²) >= 11 is 0. The van der Waals surface area contributed by atoms with E-state index in [1.165, 1.54) is 118 Å². The lowest BCUT2D eigenvalue weighted by Crippen LogP contribution is -2.69. The predicted molar refractivity (Wildman–Crippen MR) is 484 cm³/mol. The number of aromatic nitrogens is 12. The number of nitrogens with one attached hydrogen (secondary N) is 4. The summed E-state index contributed by atoms with van der Waals surface area (Å²) in [7, 11) is 9.85. The van der Waals surface area contributed by atoms with Crippen molar-refractivity contribution in [2.45, 2.75) is 139 Å². The van der Waals surface area contributed by atoms with Gasteiger partial charge in [0, 0.05) is 130 Å². The molecule has 0 spiro atoms. The molecule has 0 radical (unpaired) electrons. The topological polar surface area (TPSA) is 336 Å². The zero-order chi connectivity index (χ0) is 96.8. The standard InChI is InChI=1S/C24H25F3N6O2.C23H26F3N5O2.C23H25F3N4O3S.C22H24F3N5O2/c1-12(15-5-4-6-16(19(15)25)20(26)27)30-21-17-8-18(23(34)32(3)22(17)29-11-28-21)24(35)33-13-7-14(33)10-31(2)9-13;1-13(14-5-4-6-15(18(14)24)19(25)26)29-20-16-11-17(23(33)7-9-30(2)10-8-23)22(32)31(3)21(16)28-12-27-20;1-13(14-5-4-6-15(18(14)24)19(25)26)29-20-16-11-17(22(31)30(2)21(16)28-12-27-20)23(32)7-9-34(3,33)10-8-23;1-12(13-5-4-6-14(18(13)23)19(24)25)28-20-16-9-15(17-10-29(2)7-8-32-17)22(31)30(3)21(16)27-11-26-20/h4-6,8,11-14,20H,7,9-10H2,1-3H3,(H,28,29,30);4-6,11-13,19,33H,7-10H2,1-3H3,(H,27,28,29);4-6,11-13,19,32H,3,7-10H2,1-2H3,(H,27,28,29);4-6,9,11-12,17,19H,7-8,10H2,1-3H3,(H,26,27,28)/t12-,13?,14?;13-;13-,23?,34?;12-,17?/m1111/s1. The van der Waals surface area contributed by atoms with E-state index in [0.29, 0.717) is 94.8 Å². The molecule has 5 aliphatic rings. The molecule has 13 heterocycles. The lowest BCUT2D eigenvalue weighted by atomic mass is 9.85. The van der Waals surface area contributed by atoms with E-state index in [4.69, 9.17) is 4.74 Å². The van der Waals surface area contributed by atoms with Gasteiger partial charge in [-0.05, 0) is 121 Å². The fourth-order valence-electron chi connectivity index (χ4n) is 17.8. The molecule has 8 aromatic heterocycles. The number of halogens is 12. The van der Waals surface area contributed by atoms with Gasteiger partial charge >= 0.3 is 0 Å². The molecule has 5 fully saturated rings. The summed E-state index contributed by atoms with van der Waals surface area (Å²) in [6.45, 7) is 11.2. The first-order chi connectivity index (χ1) is 63.5. The third-order valence-corrected chi connectivity index (χ3v) is 27.4. The number of hydrogen-bond donors (Lipinski definition) is 6. The Morgan fingerprint density at radius 1 is 0.433 bits per heavy atom. The maximum Gasteiger partial charge on any atom is 0.266 e. The Balaban J connectivity index is 0.000000143. The van der Waals surface area contributed by atoms with Crippen LogP contribution in [-0.2, 0) is 53.7 Å². The van der Waals surface area contributed by atoms with E-state index in [1.807, 2.05) is 21.1 Å². The first kappa shape index (κ1) is 97.7. The molecule has 134 heavy (non-hydrogen) atoms. The molecule has 7 atom stereocenters. The molecule has 0 saturated carbocycles. The molecule has 42 heteroatoms. The highest BCUT2D eigenvalue weighted by atomic mass is 32.2. The Labute approximate surface area is 760 Å². The Hall–Kier alpha value is -12.4. The van der Waals surface area contributed by atoms with Gasteiger partial charge in [-0.2, -0.15) is 0 Å². The summed E-state index contributed by atoms with van der Waals surface area (Å²) in [6.07, 6.45) is -5.11. The molecule has 3 unspecified atom stereocenters. The number of rotatable bonds is 20. The van der Waals surface area contributed by atoms with Crippen molar-refractivity contribution in [2.24, 2.45) is 28.2 Å². The fraction of sp³-hybridized carbons (Fsp3) is 0.413. The molecule has 17 rings (SSSR count). The van der Waals surface area contributed by atoms with Gasteiger partial charge in [-0.15, -0.1) is 0 Å². The van der Waals surface area contributed by atoms with Crippen molar-refractivity contribution in [2.75, 3.05) is 99.8 Å². The number of anilines is 4. The Kier molecular flexibility index (Phi) is 28.9. The summed E-state index contributed by atoms with van der Waals surface area (Å²) < 4.78 is 187. The average molecular weight is 1890 g/mol. The molecule has 5 aliphatic heterocycles. The minimum atomic E-state index is -2.95. The lowest BCUT2D eigenvalue weighted by Gasteiger charge is -2.55. The molecule has 12 aromatic rings. The van der Waals surface area contributed by atoms with E-state index in [9.17, 15) is 91.1 Å². The number of ether oxygens (including phenoxy) is 1. The van der Waals surface area contributed by atoms with Crippen LogP contribution in [0.2, 0.25) is 0 Å². The van der Waals surface area contributed by atoms with Gasteiger partial charge in [0.15, 0.2) is 0 Å². The summed E-state index contributed by atoms with van der Waals surface area (Å²) in [5, 5.41) is 36.6. The number of carbonyl (C=O) groups excluding carboxylic acids is 1. The smallest absolute Gasteiger partial charge is 0.266 e. The quantitative estimate of drug-likeness (QED) is 0.0305. The molecule has 6 N–H and O–H groups in total. The average Bonchev–Trinajstić information content (AvgIpc) is 0.729. The van der Waals surface area contributed by atoms with Crippen molar-refractivity contribution in [1.29, 1.82) is 0 Å². The number of amides is 1. The molecule has 712 valence electrons. The van der Waals surface area contributed by atoms with E-state index < -0.39 is 133 Å². The molecule has 5 saturated heterocycles. The van der Waals surface area contributed by atoms with Gasteiger partial charge in [-0.3, -0.25) is 46.4 Å². The number of aryl methyl sites for hydroxylation is 4. The maximum atomic E-state index is 14.7. The zero-order valence-electron chi connectivity index (χ0n) is 74.9. The Morgan fingerprint density at radius 2 is 0.754 bits per heavy atom. The van der Waals surface area contributed by atoms with E-state index in [0.717, 1.165) is 50.3 Å². The molecule has 4 aromatic carbocycles. The van der Waals surface area contributed by atoms with Crippen molar-refractivity contribution >= 4 is 88.7 Å². The third kappa shape index (κ3) is 19.8. The van der Waals surface area contributed by atoms with Crippen LogP contribution >= 0.6 is 0 Å². The van der Waals surface area contributed by atoms with Crippen LogP contribution in [0, 0.1) is 23.3 Å². The third-order valence-electron chi connectivity index (χ3n) is 25.5. The normalized spacial score (nSPS) is 20.1. The van der Waals surface area contributed by atoms with Gasteiger partial charge in [0.05, 0.1) is 85.8 Å². The van der Waals surface area contributed by atoms with Crippen LogP contribution in [0.1, 0.15) is 187 Å². The van der Waals surface area contributed by atoms with Crippen LogP contribution in [0.3, 0.4) is 0 Å². The van der Waals surface area contributed by atoms with Crippen LogP contribution in [0.15, 0.2) is 142 Å². The van der Waals surface area contributed by atoms with Crippen LogP contribution in [0.4, 0.5) is 76.0 Å². The first-order valence-electron chi connectivity index (χ1n) is 43.0. The maximum absolute atomic E-state index is 14.7. The van der Waals surface area contributed by atoms with Crippen LogP contribution in [0.25, 0.3) is 44.1 Å². The number of carbonyl (C=O) groups is 1. The minimum Gasteiger partial charge on any atom is -0.385 e. The number of benzene rings is 4. The number of hydrogen-bond acceptors (Lipinski definition) is 24. The molecule has 0 aliphatic carbocycles. The van der Waals surface area contributed by atoms with Gasteiger partial charge in [-0.1, -0.05) is 72.8 Å². The molecule has 1 amide bonds. The second kappa shape index (κ2) is 39.7. The number of pyridine rings is 4. The van der Waals surface area contributed by atoms with Crippen LogP contribution < -0.4 is 43.5 Å². The highest BCUT2D eigenvalue weighted by Crippen LogP contribution is 2.41. The number of fused-ring (bicyclic) bond motifs is 6. The highest BCUT2D eigenvalue weighted by Gasteiger charge is 2.48. The zero-order valence-corrected chi connectivity index (χ0v) is 75.7. The molecular formula is C92H100F12N20O9S. The number of alkyl halides is 8. The number of nitrogens with zero attached hydrogens (tertiary/aromatic N) is 16. The second-order valence-corrected chi connectivity index (χ2v) is 37.3. The van der Waals surface area contributed by atoms with Gasteiger partial charge < -0.3 is 55.8 Å². The number of piperidine rings is 2.